The van der Waals surface area contributed by atoms with E-state index in [4.69, 9.17) is 5.73 Å². The Kier molecular flexibility index (Phi) is 6.66. The Bertz CT molecular complexity index is 425. The van der Waals surface area contributed by atoms with Crippen LogP contribution in [0.4, 0.5) is 0 Å². The molecule has 6 heteroatoms. The van der Waals surface area contributed by atoms with Gasteiger partial charge in [-0.15, -0.1) is 5.10 Å². The normalized spacial score (nSPS) is 16.0. The summed E-state index contributed by atoms with van der Waals surface area (Å²) in [7, 11) is 0. The summed E-state index contributed by atoms with van der Waals surface area (Å²) in [4.78, 5) is 11.9. The zero-order valence-corrected chi connectivity index (χ0v) is 12.8. The van der Waals surface area contributed by atoms with Crippen LogP contribution in [0.25, 0.3) is 0 Å². The van der Waals surface area contributed by atoms with E-state index in [1.165, 1.54) is 19.3 Å². The Balaban J connectivity index is 1.66. The lowest BCUT2D eigenvalue weighted by Gasteiger charge is -2.22. The van der Waals surface area contributed by atoms with Crippen LogP contribution in [0.1, 0.15) is 57.1 Å². The third-order valence-corrected chi connectivity index (χ3v) is 4.01. The lowest BCUT2D eigenvalue weighted by molar-refractivity contribution is -0.122. The molecular weight excluding hydrogens is 266 g/mol. The van der Waals surface area contributed by atoms with Crippen LogP contribution in [0.3, 0.4) is 0 Å². The molecule has 0 unspecified atom stereocenters. The van der Waals surface area contributed by atoms with E-state index in [0.717, 1.165) is 44.3 Å². The molecule has 2 rings (SSSR count). The Morgan fingerprint density at radius 3 is 2.90 bits per heavy atom. The molecule has 1 heterocycles. The monoisotopic (exact) mass is 293 g/mol. The number of unbranched alkanes of at least 4 members (excludes halogenated alkanes) is 1. The van der Waals surface area contributed by atoms with Crippen molar-refractivity contribution in [3.63, 3.8) is 0 Å². The van der Waals surface area contributed by atoms with Gasteiger partial charge < -0.3 is 11.1 Å². The molecule has 0 aromatic carbocycles. The maximum Gasteiger partial charge on any atom is 0.222 e. The van der Waals surface area contributed by atoms with E-state index in [2.05, 4.69) is 15.6 Å². The molecule has 21 heavy (non-hydrogen) atoms. The summed E-state index contributed by atoms with van der Waals surface area (Å²) in [6.45, 7) is 1.32. The smallest absolute Gasteiger partial charge is 0.222 e. The van der Waals surface area contributed by atoms with Crippen molar-refractivity contribution in [2.24, 2.45) is 5.73 Å². The quantitative estimate of drug-likeness (QED) is 0.709. The molecule has 1 fully saturated rings. The number of nitrogens with zero attached hydrogens (tertiary/aromatic N) is 3. The number of aromatic nitrogens is 3. The van der Waals surface area contributed by atoms with Crippen LogP contribution < -0.4 is 11.1 Å². The highest BCUT2D eigenvalue weighted by Gasteiger charge is 2.15. The van der Waals surface area contributed by atoms with E-state index in [9.17, 15) is 4.79 Å². The minimum absolute atomic E-state index is 0.127. The van der Waals surface area contributed by atoms with Gasteiger partial charge in [0.1, 0.15) is 0 Å². The van der Waals surface area contributed by atoms with Crippen LogP contribution in [0, 0.1) is 0 Å². The first kappa shape index (κ1) is 15.9. The number of hydrogen-bond acceptors (Lipinski definition) is 4. The SMILES string of the molecule is NCCCCc1cn(CCC(=O)NC2CCCCC2)nn1. The summed E-state index contributed by atoms with van der Waals surface area (Å²) < 4.78 is 1.76. The van der Waals surface area contributed by atoms with Crippen LogP contribution in [0.15, 0.2) is 6.20 Å². The molecule has 0 aliphatic heterocycles. The molecule has 0 radical (unpaired) electrons. The lowest BCUT2D eigenvalue weighted by Crippen LogP contribution is -2.36. The van der Waals surface area contributed by atoms with Crippen molar-refractivity contribution in [2.75, 3.05) is 6.54 Å². The van der Waals surface area contributed by atoms with Crippen molar-refractivity contribution >= 4 is 5.91 Å². The zero-order chi connectivity index (χ0) is 14.9. The molecule has 1 aromatic rings. The van der Waals surface area contributed by atoms with Gasteiger partial charge in [0.05, 0.1) is 12.2 Å². The Morgan fingerprint density at radius 2 is 2.14 bits per heavy atom. The first-order valence-electron chi connectivity index (χ1n) is 8.16. The van der Waals surface area contributed by atoms with Crippen molar-refractivity contribution in [3.8, 4) is 0 Å². The number of hydrogen-bond donors (Lipinski definition) is 2. The van der Waals surface area contributed by atoms with Gasteiger partial charge in [-0.05, 0) is 38.6 Å². The third-order valence-electron chi connectivity index (χ3n) is 4.01. The molecule has 3 N–H and O–H groups in total. The van der Waals surface area contributed by atoms with E-state index in [0.29, 0.717) is 19.0 Å². The van der Waals surface area contributed by atoms with Gasteiger partial charge in [-0.1, -0.05) is 24.5 Å². The molecule has 0 bridgehead atoms. The van der Waals surface area contributed by atoms with Crippen LogP contribution in [-0.4, -0.2) is 33.5 Å². The summed E-state index contributed by atoms with van der Waals surface area (Å²) in [6, 6.07) is 0.383. The molecule has 0 saturated heterocycles. The molecule has 118 valence electrons. The van der Waals surface area contributed by atoms with Crippen molar-refractivity contribution in [2.45, 2.75) is 70.4 Å². The summed E-state index contributed by atoms with van der Waals surface area (Å²) in [5.74, 6) is 0.127. The number of carbonyl (C=O) groups excluding carboxylic acids is 1. The largest absolute Gasteiger partial charge is 0.353 e. The Hall–Kier alpha value is -1.43. The highest BCUT2D eigenvalue weighted by atomic mass is 16.1. The van der Waals surface area contributed by atoms with Gasteiger partial charge in [-0.25, -0.2) is 0 Å². The second-order valence-corrected chi connectivity index (χ2v) is 5.87. The average molecular weight is 293 g/mol. The minimum atomic E-state index is 0.127. The fraction of sp³-hybridized carbons (Fsp3) is 0.800. The number of carbonyl (C=O) groups is 1. The second kappa shape index (κ2) is 8.77. The first-order valence-corrected chi connectivity index (χ1v) is 8.16. The molecule has 0 atom stereocenters. The fourth-order valence-corrected chi connectivity index (χ4v) is 2.78. The third kappa shape index (κ3) is 5.83. The minimum Gasteiger partial charge on any atom is -0.353 e. The van der Waals surface area contributed by atoms with Crippen LogP contribution in [-0.2, 0) is 17.8 Å². The number of aryl methyl sites for hydroxylation is 2. The van der Waals surface area contributed by atoms with Gasteiger partial charge in [-0.3, -0.25) is 9.48 Å². The highest BCUT2D eigenvalue weighted by Crippen LogP contribution is 2.17. The van der Waals surface area contributed by atoms with E-state index >= 15 is 0 Å². The first-order chi connectivity index (χ1) is 10.3. The van der Waals surface area contributed by atoms with Crippen molar-refractivity contribution in [3.05, 3.63) is 11.9 Å². The molecule has 1 aliphatic rings. The summed E-state index contributed by atoms with van der Waals surface area (Å²) >= 11 is 0. The summed E-state index contributed by atoms with van der Waals surface area (Å²) in [5.41, 5.74) is 6.45. The van der Waals surface area contributed by atoms with Crippen LogP contribution in [0.2, 0.25) is 0 Å². The van der Waals surface area contributed by atoms with E-state index in [1.807, 2.05) is 6.20 Å². The number of nitrogens with one attached hydrogen (secondary N) is 1. The van der Waals surface area contributed by atoms with Crippen LogP contribution >= 0.6 is 0 Å². The Morgan fingerprint density at radius 1 is 1.33 bits per heavy atom. The maximum atomic E-state index is 11.9. The topological polar surface area (TPSA) is 85.8 Å². The predicted octanol–water partition coefficient (Wildman–Crippen LogP) is 1.40. The van der Waals surface area contributed by atoms with Crippen LogP contribution in [0.5, 0.6) is 0 Å². The van der Waals surface area contributed by atoms with Gasteiger partial charge in [-0.2, -0.15) is 0 Å². The van der Waals surface area contributed by atoms with Crippen molar-refractivity contribution < 1.29 is 4.79 Å². The second-order valence-electron chi connectivity index (χ2n) is 5.87. The van der Waals surface area contributed by atoms with Gasteiger partial charge >= 0.3 is 0 Å². The molecule has 6 nitrogen and oxygen atoms in total. The molecule has 1 aliphatic carbocycles. The lowest BCUT2D eigenvalue weighted by atomic mass is 9.95. The van der Waals surface area contributed by atoms with Gasteiger partial charge in [0.15, 0.2) is 0 Å². The Labute approximate surface area is 126 Å². The molecule has 1 saturated carbocycles. The van der Waals surface area contributed by atoms with Gasteiger partial charge in [0.25, 0.3) is 0 Å². The highest BCUT2D eigenvalue weighted by molar-refractivity contribution is 5.76. The zero-order valence-electron chi connectivity index (χ0n) is 12.8. The van der Waals surface area contributed by atoms with Gasteiger partial charge in [0, 0.05) is 18.7 Å². The molecule has 0 spiro atoms. The number of rotatable bonds is 8. The summed E-state index contributed by atoms with van der Waals surface area (Å²) in [6.07, 6.45) is 11.4. The van der Waals surface area contributed by atoms with Crippen molar-refractivity contribution in [1.82, 2.24) is 20.3 Å². The standard InChI is InChI=1S/C15H27N5O/c16-10-5-4-8-14-12-20(19-18-14)11-9-15(21)17-13-6-2-1-3-7-13/h12-13H,1-11,16H2,(H,17,21). The fourth-order valence-electron chi connectivity index (χ4n) is 2.78. The van der Waals surface area contributed by atoms with Crippen molar-refractivity contribution in [1.29, 1.82) is 0 Å². The van der Waals surface area contributed by atoms with Gasteiger partial charge in [0.2, 0.25) is 5.91 Å². The van der Waals surface area contributed by atoms with E-state index in [-0.39, 0.29) is 5.91 Å². The average Bonchev–Trinajstić information content (AvgIpc) is 2.94. The van der Waals surface area contributed by atoms with E-state index < -0.39 is 0 Å². The van der Waals surface area contributed by atoms with E-state index in [1.54, 1.807) is 4.68 Å². The summed E-state index contributed by atoms with van der Waals surface area (Å²) in [5, 5.41) is 11.3. The maximum absolute atomic E-state index is 11.9. The molecule has 1 amide bonds. The number of amides is 1. The predicted molar refractivity (Wildman–Crippen MR) is 81.6 cm³/mol. The molecule has 1 aromatic heterocycles. The number of nitrogens with two attached hydrogens (primary N) is 1. The molecular formula is C15H27N5O.